The number of nitro groups is 1. The smallest absolute Gasteiger partial charge is 0.271 e. The third-order valence-electron chi connectivity index (χ3n) is 3.16. The molecule has 7 heteroatoms. The van der Waals surface area contributed by atoms with Crippen LogP contribution in [0.3, 0.4) is 0 Å². The Morgan fingerprint density at radius 2 is 2.26 bits per heavy atom. The topological polar surface area (TPSA) is 63.4 Å². The maximum absolute atomic E-state index is 12.4. The number of nitrogens with zero attached hydrogens (tertiary/aromatic N) is 2. The highest BCUT2D eigenvalue weighted by molar-refractivity contribution is 9.10. The van der Waals surface area contributed by atoms with Crippen LogP contribution in [-0.4, -0.2) is 34.2 Å². The third kappa shape index (κ3) is 3.06. The monoisotopic (exact) mass is 346 g/mol. The minimum atomic E-state index is -0.509. The molecular weight excluding hydrogens is 336 g/mol. The first-order valence-electron chi connectivity index (χ1n) is 5.85. The van der Waals surface area contributed by atoms with Gasteiger partial charge in [-0.05, 0) is 18.9 Å². The van der Waals surface area contributed by atoms with Gasteiger partial charge >= 0.3 is 0 Å². The zero-order chi connectivity index (χ0) is 14.0. The lowest BCUT2D eigenvalue weighted by atomic mass is 10.1. The van der Waals surface area contributed by atoms with Crippen molar-refractivity contribution in [1.82, 2.24) is 4.90 Å². The Balaban J connectivity index is 2.30. The van der Waals surface area contributed by atoms with E-state index < -0.39 is 4.92 Å². The van der Waals surface area contributed by atoms with Crippen LogP contribution in [0.1, 0.15) is 23.2 Å². The van der Waals surface area contributed by atoms with Crippen molar-refractivity contribution in [3.8, 4) is 0 Å². The van der Waals surface area contributed by atoms with Crippen LogP contribution < -0.4 is 0 Å². The number of carbonyl (C=O) groups is 1. The lowest BCUT2D eigenvalue weighted by Crippen LogP contribution is -2.36. The van der Waals surface area contributed by atoms with E-state index in [0.29, 0.717) is 22.5 Å². The number of non-ortho nitro benzene ring substituents is 1. The molecule has 2 rings (SSSR count). The number of nitro benzene ring substituents is 1. The molecule has 0 aliphatic carbocycles. The van der Waals surface area contributed by atoms with Crippen LogP contribution in [0.5, 0.6) is 0 Å². The second-order valence-corrected chi connectivity index (χ2v) is 5.63. The van der Waals surface area contributed by atoms with E-state index in [2.05, 4.69) is 15.9 Å². The van der Waals surface area contributed by atoms with Gasteiger partial charge in [0.1, 0.15) is 0 Å². The van der Waals surface area contributed by atoms with Crippen molar-refractivity contribution < 1.29 is 9.72 Å². The average Bonchev–Trinajstić information content (AvgIpc) is 2.85. The zero-order valence-corrected chi connectivity index (χ0v) is 12.4. The minimum Gasteiger partial charge on any atom is -0.334 e. The fourth-order valence-corrected chi connectivity index (χ4v) is 3.03. The van der Waals surface area contributed by atoms with Gasteiger partial charge in [0, 0.05) is 40.6 Å². The van der Waals surface area contributed by atoms with Crippen molar-refractivity contribution in [1.29, 1.82) is 0 Å². The van der Waals surface area contributed by atoms with Gasteiger partial charge in [0.25, 0.3) is 11.6 Å². The van der Waals surface area contributed by atoms with Gasteiger partial charge in [-0.25, -0.2) is 0 Å². The number of hydrogen-bond acceptors (Lipinski definition) is 3. The number of halogens is 2. The molecule has 0 saturated carbocycles. The summed E-state index contributed by atoms with van der Waals surface area (Å²) >= 11 is 9.02. The summed E-state index contributed by atoms with van der Waals surface area (Å²) in [5, 5.41) is 10.8. The van der Waals surface area contributed by atoms with Gasteiger partial charge in [-0.2, -0.15) is 0 Å². The first-order valence-corrected chi connectivity index (χ1v) is 7.17. The van der Waals surface area contributed by atoms with Crippen molar-refractivity contribution in [2.24, 2.45) is 0 Å². The highest BCUT2D eigenvalue weighted by Gasteiger charge is 2.29. The van der Waals surface area contributed by atoms with E-state index in [1.807, 2.05) is 0 Å². The fourth-order valence-electron chi connectivity index (χ4n) is 2.23. The molecule has 1 saturated heterocycles. The first kappa shape index (κ1) is 14.3. The Morgan fingerprint density at radius 1 is 1.53 bits per heavy atom. The van der Waals surface area contributed by atoms with Gasteiger partial charge in [-0.1, -0.05) is 15.9 Å². The summed E-state index contributed by atoms with van der Waals surface area (Å²) < 4.78 is 0.520. The molecule has 0 bridgehead atoms. The quantitative estimate of drug-likeness (QED) is 0.479. The molecule has 1 aromatic carbocycles. The highest BCUT2D eigenvalue weighted by atomic mass is 79.9. The first-order chi connectivity index (χ1) is 9.02. The van der Waals surface area contributed by atoms with Crippen LogP contribution in [0.25, 0.3) is 0 Å². The second-order valence-electron chi connectivity index (χ2n) is 4.40. The van der Waals surface area contributed by atoms with Crippen LogP contribution in [0.4, 0.5) is 5.69 Å². The Labute approximate surface area is 123 Å². The number of amides is 1. The Bertz CT molecular complexity index is 524. The second kappa shape index (κ2) is 5.88. The molecule has 1 aliphatic rings. The van der Waals surface area contributed by atoms with Gasteiger partial charge in [0.05, 0.1) is 4.92 Å². The molecular formula is C12H12BrClN2O3. The summed E-state index contributed by atoms with van der Waals surface area (Å²) in [7, 11) is 0. The van der Waals surface area contributed by atoms with Crippen molar-refractivity contribution in [3.63, 3.8) is 0 Å². The number of benzene rings is 1. The number of likely N-dealkylation sites (tertiary alicyclic amines) is 1. The third-order valence-corrected chi connectivity index (χ3v) is 3.97. The maximum atomic E-state index is 12.4. The number of rotatable bonds is 3. The predicted octanol–water partition coefficient (Wildman–Crippen LogP) is 3.20. The van der Waals surface area contributed by atoms with Crippen molar-refractivity contribution >= 4 is 39.1 Å². The Morgan fingerprint density at radius 3 is 2.89 bits per heavy atom. The summed E-state index contributed by atoms with van der Waals surface area (Å²) in [5.41, 5.74) is 0.220. The molecule has 1 aliphatic heterocycles. The largest absolute Gasteiger partial charge is 0.334 e. The molecule has 0 N–H and O–H groups in total. The van der Waals surface area contributed by atoms with Crippen molar-refractivity contribution in [2.75, 3.05) is 12.4 Å². The summed E-state index contributed by atoms with van der Waals surface area (Å²) in [4.78, 5) is 24.4. The van der Waals surface area contributed by atoms with Crippen molar-refractivity contribution in [2.45, 2.75) is 18.9 Å². The van der Waals surface area contributed by atoms with E-state index >= 15 is 0 Å². The summed E-state index contributed by atoms with van der Waals surface area (Å²) in [5.74, 6) is 0.189. The number of carbonyl (C=O) groups excluding carboxylic acids is 1. The standard InChI is InChI=1S/C12H12BrClN2O3/c13-9-4-8(5-11(6-9)16(18)19)12(17)15-3-1-2-10(15)7-14/h4-6,10H,1-3,7H2. The average molecular weight is 348 g/mol. The molecule has 1 atom stereocenters. The zero-order valence-electron chi connectivity index (χ0n) is 10.0. The predicted molar refractivity (Wildman–Crippen MR) is 75.6 cm³/mol. The van der Waals surface area contributed by atoms with Crippen LogP contribution in [-0.2, 0) is 0 Å². The SMILES string of the molecule is O=C(c1cc(Br)cc([N+](=O)[O-])c1)N1CCCC1CCl. The van der Waals surface area contributed by atoms with E-state index in [1.165, 1.54) is 12.1 Å². The Hall–Kier alpha value is -1.14. The summed E-state index contributed by atoms with van der Waals surface area (Å²) in [6.07, 6.45) is 1.80. The van der Waals surface area contributed by atoms with Gasteiger partial charge in [0.15, 0.2) is 0 Å². The molecule has 1 amide bonds. The van der Waals surface area contributed by atoms with Crippen LogP contribution in [0.15, 0.2) is 22.7 Å². The van der Waals surface area contributed by atoms with E-state index in [4.69, 9.17) is 11.6 Å². The highest BCUT2D eigenvalue weighted by Crippen LogP contribution is 2.25. The molecule has 0 spiro atoms. The number of hydrogen-bond donors (Lipinski definition) is 0. The molecule has 0 radical (unpaired) electrons. The van der Waals surface area contributed by atoms with Gasteiger partial charge in [-0.15, -0.1) is 11.6 Å². The summed E-state index contributed by atoms with van der Waals surface area (Å²) in [6, 6.07) is 4.29. The molecule has 19 heavy (non-hydrogen) atoms. The van der Waals surface area contributed by atoms with E-state index in [9.17, 15) is 14.9 Å². The van der Waals surface area contributed by atoms with Crippen LogP contribution in [0.2, 0.25) is 0 Å². The molecule has 0 aromatic heterocycles. The van der Waals surface area contributed by atoms with Crippen LogP contribution in [0, 0.1) is 10.1 Å². The van der Waals surface area contributed by atoms with E-state index in [0.717, 1.165) is 12.8 Å². The van der Waals surface area contributed by atoms with Gasteiger partial charge < -0.3 is 4.90 Å². The van der Waals surface area contributed by atoms with Crippen LogP contribution >= 0.6 is 27.5 Å². The molecule has 1 unspecified atom stereocenters. The molecule has 5 nitrogen and oxygen atoms in total. The number of alkyl halides is 1. The fraction of sp³-hybridized carbons (Fsp3) is 0.417. The lowest BCUT2D eigenvalue weighted by molar-refractivity contribution is -0.385. The van der Waals surface area contributed by atoms with Gasteiger partial charge in [-0.3, -0.25) is 14.9 Å². The van der Waals surface area contributed by atoms with Crippen molar-refractivity contribution in [3.05, 3.63) is 38.3 Å². The molecule has 102 valence electrons. The maximum Gasteiger partial charge on any atom is 0.271 e. The summed E-state index contributed by atoms with van der Waals surface area (Å²) in [6.45, 7) is 0.649. The lowest BCUT2D eigenvalue weighted by Gasteiger charge is -2.22. The normalized spacial score (nSPS) is 18.6. The molecule has 1 fully saturated rings. The Kier molecular flexibility index (Phi) is 4.42. The van der Waals surface area contributed by atoms with E-state index in [1.54, 1.807) is 11.0 Å². The minimum absolute atomic E-state index is 0.0206. The molecule has 1 heterocycles. The van der Waals surface area contributed by atoms with E-state index in [-0.39, 0.29) is 17.6 Å². The van der Waals surface area contributed by atoms with Gasteiger partial charge in [0.2, 0.25) is 0 Å². The molecule has 1 aromatic rings.